The van der Waals surface area contributed by atoms with E-state index in [1.807, 2.05) is 0 Å². The van der Waals surface area contributed by atoms with E-state index in [4.69, 9.17) is 4.52 Å². The highest BCUT2D eigenvalue weighted by Gasteiger charge is 2.28. The van der Waals surface area contributed by atoms with Crippen LogP contribution in [0.15, 0.2) is 20.5 Å². The Morgan fingerprint density at radius 1 is 1.50 bits per heavy atom. The van der Waals surface area contributed by atoms with E-state index in [2.05, 4.69) is 25.4 Å². The molecule has 24 heavy (non-hydrogen) atoms. The molecule has 128 valence electrons. The van der Waals surface area contributed by atoms with Crippen LogP contribution in [0, 0.1) is 6.92 Å². The predicted octanol–water partition coefficient (Wildman–Crippen LogP) is 1.18. The Hall–Kier alpha value is -2.16. The van der Waals surface area contributed by atoms with E-state index in [9.17, 15) is 9.59 Å². The lowest BCUT2D eigenvalue weighted by molar-refractivity contribution is -0.120. The van der Waals surface area contributed by atoms with E-state index in [0.717, 1.165) is 18.7 Å². The van der Waals surface area contributed by atoms with Gasteiger partial charge in [0.1, 0.15) is 0 Å². The quantitative estimate of drug-likeness (QED) is 0.570. The van der Waals surface area contributed by atoms with Crippen molar-refractivity contribution in [3.8, 4) is 0 Å². The van der Waals surface area contributed by atoms with Crippen LogP contribution in [-0.4, -0.2) is 37.8 Å². The summed E-state index contributed by atoms with van der Waals surface area (Å²) in [6.45, 7) is 3.93. The fraction of sp³-hybridized carbons (Fsp3) is 0.533. The molecule has 0 spiro atoms. The van der Waals surface area contributed by atoms with E-state index in [1.165, 1.54) is 17.8 Å². The second-order valence-electron chi connectivity index (χ2n) is 5.81. The zero-order valence-corrected chi connectivity index (χ0v) is 14.4. The molecule has 0 bridgehead atoms. The lowest BCUT2D eigenvalue weighted by Crippen LogP contribution is -2.32. The van der Waals surface area contributed by atoms with Gasteiger partial charge in [0, 0.05) is 30.6 Å². The van der Waals surface area contributed by atoms with Crippen LogP contribution >= 0.6 is 11.8 Å². The number of aryl methyl sites for hydroxylation is 1. The zero-order chi connectivity index (χ0) is 17.1. The zero-order valence-electron chi connectivity index (χ0n) is 13.5. The minimum atomic E-state index is -0.375. The Morgan fingerprint density at radius 3 is 3.00 bits per heavy atom. The number of aromatic nitrogens is 4. The molecule has 1 saturated carbocycles. The Bertz CT molecular complexity index is 783. The maximum atomic E-state index is 12.1. The molecule has 1 unspecified atom stereocenters. The number of amides is 1. The van der Waals surface area contributed by atoms with Crippen LogP contribution in [-0.2, 0) is 11.2 Å². The molecular weight excluding hydrogens is 330 g/mol. The Labute approximate surface area is 142 Å². The van der Waals surface area contributed by atoms with Gasteiger partial charge in [-0.3, -0.25) is 9.59 Å². The van der Waals surface area contributed by atoms with E-state index in [1.54, 1.807) is 13.8 Å². The fourth-order valence-corrected chi connectivity index (χ4v) is 3.02. The van der Waals surface area contributed by atoms with E-state index in [0.29, 0.717) is 35.6 Å². The monoisotopic (exact) mass is 349 g/mol. The molecular formula is C15H19N5O3S. The largest absolute Gasteiger partial charge is 0.355 e. The number of thioether (sulfide) groups is 1. The molecule has 1 atom stereocenters. The summed E-state index contributed by atoms with van der Waals surface area (Å²) in [7, 11) is 0. The van der Waals surface area contributed by atoms with Crippen molar-refractivity contribution in [3.63, 3.8) is 0 Å². The van der Waals surface area contributed by atoms with Crippen molar-refractivity contribution >= 4 is 17.7 Å². The second kappa shape index (κ2) is 7.16. The number of nitrogens with one attached hydrogen (secondary N) is 2. The molecule has 0 aliphatic heterocycles. The van der Waals surface area contributed by atoms with Crippen molar-refractivity contribution < 1.29 is 9.32 Å². The summed E-state index contributed by atoms with van der Waals surface area (Å²) in [5.41, 5.74) is 0.400. The van der Waals surface area contributed by atoms with Gasteiger partial charge in [-0.1, -0.05) is 16.9 Å². The molecule has 0 radical (unpaired) electrons. The molecule has 2 aromatic heterocycles. The SMILES string of the molecule is Cc1cc(=O)[nH]c(SC(C)C(=O)NCCc2nc(C3CC3)no2)n1. The van der Waals surface area contributed by atoms with E-state index >= 15 is 0 Å². The van der Waals surface area contributed by atoms with Crippen LogP contribution in [0.25, 0.3) is 0 Å². The third kappa shape index (κ3) is 4.44. The van der Waals surface area contributed by atoms with E-state index in [-0.39, 0.29) is 16.7 Å². The van der Waals surface area contributed by atoms with Crippen molar-refractivity contribution in [2.45, 2.75) is 49.4 Å². The van der Waals surface area contributed by atoms with Crippen molar-refractivity contribution in [1.82, 2.24) is 25.4 Å². The lowest BCUT2D eigenvalue weighted by atomic mass is 10.3. The summed E-state index contributed by atoms with van der Waals surface area (Å²) in [6.07, 6.45) is 2.75. The highest BCUT2D eigenvalue weighted by atomic mass is 32.2. The van der Waals surface area contributed by atoms with Crippen LogP contribution in [0.3, 0.4) is 0 Å². The Kier molecular flexibility index (Phi) is 4.98. The Morgan fingerprint density at radius 2 is 2.29 bits per heavy atom. The first kappa shape index (κ1) is 16.7. The third-order valence-corrected chi connectivity index (χ3v) is 4.55. The Balaban J connectivity index is 1.45. The van der Waals surface area contributed by atoms with Gasteiger partial charge in [-0.05, 0) is 26.7 Å². The smallest absolute Gasteiger partial charge is 0.251 e. The molecule has 1 fully saturated rings. The van der Waals surface area contributed by atoms with Gasteiger partial charge >= 0.3 is 0 Å². The highest BCUT2D eigenvalue weighted by molar-refractivity contribution is 8.00. The van der Waals surface area contributed by atoms with Crippen molar-refractivity contribution in [1.29, 1.82) is 0 Å². The maximum absolute atomic E-state index is 12.1. The van der Waals surface area contributed by atoms with Crippen molar-refractivity contribution in [2.75, 3.05) is 6.54 Å². The lowest BCUT2D eigenvalue weighted by Gasteiger charge is -2.10. The van der Waals surface area contributed by atoms with Gasteiger partial charge in [0.05, 0.1) is 5.25 Å². The summed E-state index contributed by atoms with van der Waals surface area (Å²) in [5, 5.41) is 6.83. The number of carbonyl (C=O) groups excluding carboxylic acids is 1. The van der Waals surface area contributed by atoms with Crippen LogP contribution in [0.2, 0.25) is 0 Å². The molecule has 8 nitrogen and oxygen atoms in total. The van der Waals surface area contributed by atoms with Gasteiger partial charge < -0.3 is 14.8 Å². The van der Waals surface area contributed by atoms with Gasteiger partial charge in [-0.2, -0.15) is 4.98 Å². The highest BCUT2D eigenvalue weighted by Crippen LogP contribution is 2.38. The van der Waals surface area contributed by atoms with Crippen LogP contribution < -0.4 is 10.9 Å². The summed E-state index contributed by atoms with van der Waals surface area (Å²) in [5.74, 6) is 1.64. The first-order valence-corrected chi connectivity index (χ1v) is 8.74. The first-order chi connectivity index (χ1) is 11.5. The number of nitrogens with zero attached hydrogens (tertiary/aromatic N) is 3. The molecule has 2 heterocycles. The normalized spacial score (nSPS) is 15.2. The minimum Gasteiger partial charge on any atom is -0.355 e. The van der Waals surface area contributed by atoms with Crippen LogP contribution in [0.1, 0.15) is 43.1 Å². The number of carbonyl (C=O) groups is 1. The predicted molar refractivity (Wildman–Crippen MR) is 87.9 cm³/mol. The summed E-state index contributed by atoms with van der Waals surface area (Å²) in [6, 6.07) is 1.41. The molecule has 1 aliphatic rings. The van der Waals surface area contributed by atoms with Crippen LogP contribution in [0.5, 0.6) is 0 Å². The summed E-state index contributed by atoms with van der Waals surface area (Å²) in [4.78, 5) is 34.7. The van der Waals surface area contributed by atoms with Gasteiger partial charge in [0.15, 0.2) is 11.0 Å². The van der Waals surface area contributed by atoms with Gasteiger partial charge in [-0.25, -0.2) is 4.98 Å². The van der Waals surface area contributed by atoms with Gasteiger partial charge in [0.2, 0.25) is 11.8 Å². The number of aromatic amines is 1. The van der Waals surface area contributed by atoms with E-state index < -0.39 is 0 Å². The van der Waals surface area contributed by atoms with Gasteiger partial charge in [-0.15, -0.1) is 0 Å². The number of rotatable bonds is 7. The second-order valence-corrected chi connectivity index (χ2v) is 7.14. The molecule has 0 saturated heterocycles. The molecule has 9 heteroatoms. The number of hydrogen-bond acceptors (Lipinski definition) is 7. The number of H-pyrrole nitrogens is 1. The third-order valence-electron chi connectivity index (χ3n) is 3.57. The van der Waals surface area contributed by atoms with Gasteiger partial charge in [0.25, 0.3) is 5.56 Å². The van der Waals surface area contributed by atoms with Crippen molar-refractivity contribution in [2.24, 2.45) is 0 Å². The average molecular weight is 349 g/mol. The molecule has 1 aliphatic carbocycles. The summed E-state index contributed by atoms with van der Waals surface area (Å²) < 4.78 is 5.16. The first-order valence-electron chi connectivity index (χ1n) is 7.86. The maximum Gasteiger partial charge on any atom is 0.251 e. The molecule has 1 amide bonds. The molecule has 2 aromatic rings. The summed E-state index contributed by atoms with van der Waals surface area (Å²) >= 11 is 1.21. The molecule has 2 N–H and O–H groups in total. The number of hydrogen-bond donors (Lipinski definition) is 2. The molecule has 3 rings (SSSR count). The van der Waals surface area contributed by atoms with Crippen LogP contribution in [0.4, 0.5) is 0 Å². The van der Waals surface area contributed by atoms with Crippen molar-refractivity contribution in [3.05, 3.63) is 33.8 Å². The standard InChI is InChI=1S/C15H19N5O3S/c1-8-7-11(21)18-15(17-8)24-9(2)14(22)16-6-5-12-19-13(20-23-12)10-3-4-10/h7,9-10H,3-6H2,1-2H3,(H,16,22)(H,17,18,21). The molecule has 0 aromatic carbocycles. The average Bonchev–Trinajstić information content (AvgIpc) is 3.26. The minimum absolute atomic E-state index is 0.133. The topological polar surface area (TPSA) is 114 Å². The fourth-order valence-electron chi connectivity index (χ4n) is 2.14.